The fraction of sp³-hybridized carbons (Fsp3) is 0.895. The number of hydrogen-bond donors (Lipinski definition) is 6. The largest absolute Gasteiger partial charge is 0.481 e. The van der Waals surface area contributed by atoms with E-state index < -0.39 is 54.7 Å². The molecule has 6 aliphatic rings. The van der Waals surface area contributed by atoms with Gasteiger partial charge < -0.3 is 40.3 Å². The molecule has 1 amide bonds. The van der Waals surface area contributed by atoms with E-state index >= 15 is 0 Å². The first-order valence-corrected chi connectivity index (χ1v) is 18.4. The highest BCUT2D eigenvalue weighted by Crippen LogP contribution is 2.76. The highest BCUT2D eigenvalue weighted by Gasteiger charge is 2.71. The first-order valence-electron chi connectivity index (χ1n) is 18.4. The normalized spacial score (nSPS) is 50.9. The topological polar surface area (TPSA) is 166 Å². The molecule has 48 heavy (non-hydrogen) atoms. The van der Waals surface area contributed by atoms with E-state index in [-0.39, 0.29) is 50.9 Å². The first kappa shape index (κ1) is 36.2. The second-order valence-corrected chi connectivity index (χ2v) is 18.7. The third kappa shape index (κ3) is 5.01. The highest BCUT2D eigenvalue weighted by molar-refractivity contribution is 5.77. The van der Waals surface area contributed by atoms with Gasteiger partial charge in [0, 0.05) is 6.92 Å². The predicted molar refractivity (Wildman–Crippen MR) is 178 cm³/mol. The maximum atomic E-state index is 13.0. The number of fused-ring (bicyclic) bond motifs is 7. The highest BCUT2D eigenvalue weighted by atomic mass is 16.7. The number of amides is 1. The Kier molecular flexibility index (Phi) is 8.86. The van der Waals surface area contributed by atoms with Gasteiger partial charge in [0.05, 0.1) is 18.8 Å². The van der Waals surface area contributed by atoms with Crippen molar-refractivity contribution < 1.29 is 44.6 Å². The van der Waals surface area contributed by atoms with Crippen LogP contribution in [0.3, 0.4) is 0 Å². The summed E-state index contributed by atoms with van der Waals surface area (Å²) < 4.78 is 12.7. The minimum Gasteiger partial charge on any atom is -0.481 e. The number of nitrogens with one attached hydrogen (secondary N) is 1. The minimum atomic E-state index is -1.37. The van der Waals surface area contributed by atoms with E-state index in [0.29, 0.717) is 18.8 Å². The number of hydrogen-bond acceptors (Lipinski definition) is 8. The van der Waals surface area contributed by atoms with Gasteiger partial charge in [-0.3, -0.25) is 9.59 Å². The molecule has 0 aromatic heterocycles. The number of carboxylic acid groups (broad SMARTS) is 1. The van der Waals surface area contributed by atoms with Crippen molar-refractivity contribution >= 4 is 11.9 Å². The van der Waals surface area contributed by atoms with Gasteiger partial charge in [0.15, 0.2) is 6.29 Å². The van der Waals surface area contributed by atoms with Gasteiger partial charge in [-0.2, -0.15) is 0 Å². The van der Waals surface area contributed by atoms with Gasteiger partial charge in [0.2, 0.25) is 5.91 Å². The lowest BCUT2D eigenvalue weighted by atomic mass is 9.33. The lowest BCUT2D eigenvalue weighted by Crippen LogP contribution is -2.68. The number of carbonyl (C=O) groups excluding carboxylic acids is 1. The van der Waals surface area contributed by atoms with Crippen molar-refractivity contribution in [3.8, 4) is 0 Å². The molecule has 4 saturated carbocycles. The zero-order valence-corrected chi connectivity index (χ0v) is 30.3. The third-order valence-corrected chi connectivity index (χ3v) is 15.6. The number of aliphatic carboxylic acids is 1. The molecule has 0 bridgehead atoms. The summed E-state index contributed by atoms with van der Waals surface area (Å²) in [6.45, 7) is 17.0. The second kappa shape index (κ2) is 11.7. The number of aliphatic hydroxyl groups excluding tert-OH is 4. The van der Waals surface area contributed by atoms with Crippen LogP contribution in [0.2, 0.25) is 0 Å². The van der Waals surface area contributed by atoms with Crippen LogP contribution in [-0.2, 0) is 19.1 Å². The number of allylic oxidation sites excluding steroid dienone is 2. The van der Waals surface area contributed by atoms with Gasteiger partial charge in [0.1, 0.15) is 29.8 Å². The maximum Gasteiger partial charge on any atom is 0.312 e. The van der Waals surface area contributed by atoms with Gasteiger partial charge in [-0.25, -0.2) is 0 Å². The summed E-state index contributed by atoms with van der Waals surface area (Å²) in [5.74, 6) is -0.798. The number of carboxylic acids is 1. The molecule has 5 aliphatic carbocycles. The summed E-state index contributed by atoms with van der Waals surface area (Å²) in [7, 11) is 0. The zero-order valence-electron chi connectivity index (χ0n) is 30.3. The fourth-order valence-electron chi connectivity index (χ4n) is 12.7. The van der Waals surface area contributed by atoms with Crippen LogP contribution in [0.1, 0.15) is 113 Å². The molecular formula is C38H61NO9. The quantitative estimate of drug-likeness (QED) is 0.185. The van der Waals surface area contributed by atoms with Crippen molar-refractivity contribution in [1.82, 2.24) is 5.32 Å². The van der Waals surface area contributed by atoms with E-state index in [1.807, 2.05) is 0 Å². The molecule has 0 radical (unpaired) electrons. The molecule has 272 valence electrons. The fourth-order valence-corrected chi connectivity index (χ4v) is 12.7. The monoisotopic (exact) mass is 675 g/mol. The molecule has 1 saturated heterocycles. The van der Waals surface area contributed by atoms with Gasteiger partial charge in [-0.1, -0.05) is 60.1 Å². The van der Waals surface area contributed by atoms with Crippen LogP contribution in [0, 0.1) is 50.2 Å². The molecule has 0 spiro atoms. The summed E-state index contributed by atoms with van der Waals surface area (Å²) >= 11 is 0. The van der Waals surface area contributed by atoms with E-state index in [1.54, 1.807) is 0 Å². The lowest BCUT2D eigenvalue weighted by molar-refractivity contribution is -0.307. The molecule has 1 heterocycles. The average Bonchev–Trinajstić information content (AvgIpc) is 2.97. The number of rotatable bonds is 5. The number of ether oxygens (including phenoxy) is 2. The van der Waals surface area contributed by atoms with E-state index in [4.69, 9.17) is 9.47 Å². The van der Waals surface area contributed by atoms with Crippen LogP contribution in [0.15, 0.2) is 11.6 Å². The van der Waals surface area contributed by atoms with E-state index in [9.17, 15) is 35.1 Å². The molecule has 6 rings (SSSR count). The van der Waals surface area contributed by atoms with Gasteiger partial charge >= 0.3 is 5.97 Å². The SMILES string of the molecule is CC(=O)N[C@@H]1[C@@H](O[C@@H]2CC[C@@]3(C)C4CC=C5[C@H]6CC(C)(C)CC[C@@]6(C(=O)O)[C@@H](O)C[C@]5(C)[C@@]4(C)CC[C@@H]3C2(C)C)O[C@@H](CO)[C@H](O)[C@H]1O. The van der Waals surface area contributed by atoms with Crippen LogP contribution in [0.4, 0.5) is 0 Å². The smallest absolute Gasteiger partial charge is 0.312 e. The molecule has 14 atom stereocenters. The van der Waals surface area contributed by atoms with Crippen molar-refractivity contribution in [2.45, 2.75) is 156 Å². The van der Waals surface area contributed by atoms with Crippen molar-refractivity contribution in [3.05, 3.63) is 11.6 Å². The molecule has 1 aliphatic heterocycles. The summed E-state index contributed by atoms with van der Waals surface area (Å²) in [4.78, 5) is 25.1. The summed E-state index contributed by atoms with van der Waals surface area (Å²) in [6, 6.07) is -0.985. The average molecular weight is 676 g/mol. The molecule has 0 aromatic rings. The minimum absolute atomic E-state index is 0.0124. The summed E-state index contributed by atoms with van der Waals surface area (Å²) in [6.07, 6.45) is 3.42. The molecular weight excluding hydrogens is 614 g/mol. The first-order chi connectivity index (χ1) is 22.2. The van der Waals surface area contributed by atoms with E-state index in [0.717, 1.165) is 44.9 Å². The third-order valence-electron chi connectivity index (χ3n) is 15.6. The van der Waals surface area contributed by atoms with E-state index in [2.05, 4.69) is 59.9 Å². The second-order valence-electron chi connectivity index (χ2n) is 18.7. The zero-order chi connectivity index (χ0) is 35.4. The van der Waals surface area contributed by atoms with Crippen molar-refractivity contribution in [2.24, 2.45) is 50.2 Å². The Balaban J connectivity index is 1.31. The van der Waals surface area contributed by atoms with Gasteiger partial charge in [-0.05, 0) is 103 Å². The van der Waals surface area contributed by atoms with Crippen LogP contribution in [-0.4, -0.2) is 86.9 Å². The van der Waals surface area contributed by atoms with Crippen molar-refractivity contribution in [1.29, 1.82) is 0 Å². The van der Waals surface area contributed by atoms with Crippen LogP contribution in [0.5, 0.6) is 0 Å². The molecule has 5 fully saturated rings. The Morgan fingerprint density at radius 3 is 2.25 bits per heavy atom. The summed E-state index contributed by atoms with van der Waals surface area (Å²) in [5.41, 5.74) is -0.648. The lowest BCUT2D eigenvalue weighted by Gasteiger charge is -2.71. The van der Waals surface area contributed by atoms with Crippen LogP contribution < -0.4 is 5.32 Å². The van der Waals surface area contributed by atoms with Crippen LogP contribution in [0.25, 0.3) is 0 Å². The Labute approximate surface area is 286 Å². The Morgan fingerprint density at radius 2 is 1.62 bits per heavy atom. The molecule has 10 heteroatoms. The number of carbonyl (C=O) groups is 2. The van der Waals surface area contributed by atoms with Crippen LogP contribution >= 0.6 is 0 Å². The Morgan fingerprint density at radius 1 is 0.938 bits per heavy atom. The molecule has 0 aromatic carbocycles. The van der Waals surface area contributed by atoms with Gasteiger partial charge in [-0.15, -0.1) is 0 Å². The standard InChI is InChI=1S/C38H61NO9/c1-20(41)39-28-30(44)29(43)23(19-40)47-31(28)48-27-12-13-35(6)24(34(27,4)5)11-14-36(7)25(35)10-9-21-22-17-33(2,3)15-16-38(22,32(45)46)26(42)18-37(21,36)8/h9,22-31,40,42-44H,10-19H2,1-8H3,(H,39,41)(H,45,46)/t22-,23+,24-,25?,26+,27-,28+,29+,30+,31-,35-,36+,37+,38+/m1/s1. The van der Waals surface area contributed by atoms with Gasteiger partial charge in [0.25, 0.3) is 0 Å². The summed E-state index contributed by atoms with van der Waals surface area (Å²) in [5, 5.41) is 56.6. The predicted octanol–water partition coefficient (Wildman–Crippen LogP) is 4.17. The Hall–Kier alpha value is -1.56. The Bertz CT molecular complexity index is 1330. The number of aliphatic hydroxyl groups is 4. The maximum absolute atomic E-state index is 13.0. The van der Waals surface area contributed by atoms with E-state index in [1.165, 1.54) is 12.5 Å². The molecule has 10 nitrogen and oxygen atoms in total. The van der Waals surface area contributed by atoms with Crippen molar-refractivity contribution in [3.63, 3.8) is 0 Å². The molecule has 1 unspecified atom stereocenters. The molecule has 6 N–H and O–H groups in total. The van der Waals surface area contributed by atoms with Crippen molar-refractivity contribution in [2.75, 3.05) is 6.61 Å².